The van der Waals surface area contributed by atoms with E-state index in [2.05, 4.69) is 15.6 Å². The molecule has 9 heteroatoms. The van der Waals surface area contributed by atoms with E-state index in [-0.39, 0.29) is 18.3 Å². The first-order chi connectivity index (χ1) is 14.4. The Balaban J connectivity index is 1.35. The number of benzene rings is 1. The molecule has 2 N–H and O–H groups in total. The quantitative estimate of drug-likeness (QED) is 0.500. The van der Waals surface area contributed by atoms with Crippen LogP contribution in [0.4, 0.5) is 19.0 Å². The molecule has 0 bridgehead atoms. The summed E-state index contributed by atoms with van der Waals surface area (Å²) < 4.78 is 48.5. The van der Waals surface area contributed by atoms with Gasteiger partial charge in [-0.15, -0.1) is 0 Å². The van der Waals surface area contributed by atoms with Crippen LogP contribution < -0.4 is 15.4 Å². The van der Waals surface area contributed by atoms with Crippen LogP contribution in [0.2, 0.25) is 0 Å². The maximum atomic E-state index is 12.5. The second kappa shape index (κ2) is 9.82. The summed E-state index contributed by atoms with van der Waals surface area (Å²) in [4.78, 5) is 15.8. The van der Waals surface area contributed by atoms with E-state index in [9.17, 15) is 18.0 Å². The van der Waals surface area contributed by atoms with E-state index in [1.54, 1.807) is 12.1 Å². The maximum Gasteiger partial charge on any atom is 0.417 e. The van der Waals surface area contributed by atoms with Gasteiger partial charge in [0, 0.05) is 19.3 Å². The molecule has 30 heavy (non-hydrogen) atoms. The number of nitrogens with zero attached hydrogens (tertiary/aromatic N) is 1. The third-order valence-corrected chi connectivity index (χ3v) is 4.05. The summed E-state index contributed by atoms with van der Waals surface area (Å²) >= 11 is 0. The summed E-state index contributed by atoms with van der Waals surface area (Å²) in [7, 11) is 0. The average Bonchev–Trinajstić information content (AvgIpc) is 3.21. The second-order valence-corrected chi connectivity index (χ2v) is 6.33. The standard InChI is InChI=1S/C21H20F3N3O3/c22-21(23,24)15-7-10-19(27-13-15)25-11-4-12-26-20(28)18-9-8-17(30-18)14-29-16-5-2-1-3-6-16/h1-3,5-10,13H,4,11-12,14H2,(H,25,27)(H,26,28). The van der Waals surface area contributed by atoms with Gasteiger partial charge in [0.15, 0.2) is 5.76 Å². The minimum atomic E-state index is -4.41. The van der Waals surface area contributed by atoms with Crippen molar-refractivity contribution in [1.29, 1.82) is 0 Å². The summed E-state index contributed by atoms with van der Waals surface area (Å²) in [5, 5.41) is 5.62. The molecule has 0 spiro atoms. The first-order valence-electron chi connectivity index (χ1n) is 9.24. The lowest BCUT2D eigenvalue weighted by Gasteiger charge is -2.09. The van der Waals surface area contributed by atoms with E-state index in [1.165, 1.54) is 6.07 Å². The van der Waals surface area contributed by atoms with E-state index in [4.69, 9.17) is 9.15 Å². The van der Waals surface area contributed by atoms with Crippen LogP contribution >= 0.6 is 0 Å². The molecule has 0 saturated carbocycles. The molecular weight excluding hydrogens is 399 g/mol. The molecule has 0 aliphatic heterocycles. The van der Waals surface area contributed by atoms with Crippen molar-refractivity contribution < 1.29 is 27.1 Å². The molecule has 0 aliphatic rings. The van der Waals surface area contributed by atoms with Crippen LogP contribution in [-0.4, -0.2) is 24.0 Å². The number of furan rings is 1. The topological polar surface area (TPSA) is 76.4 Å². The molecule has 6 nitrogen and oxygen atoms in total. The van der Waals surface area contributed by atoms with Gasteiger partial charge in [-0.25, -0.2) is 4.98 Å². The van der Waals surface area contributed by atoms with Gasteiger partial charge in [0.25, 0.3) is 5.91 Å². The van der Waals surface area contributed by atoms with Crippen molar-refractivity contribution in [2.75, 3.05) is 18.4 Å². The van der Waals surface area contributed by atoms with Gasteiger partial charge in [0.2, 0.25) is 0 Å². The molecule has 158 valence electrons. The maximum absolute atomic E-state index is 12.5. The van der Waals surface area contributed by atoms with Crippen molar-refractivity contribution >= 4 is 11.7 Å². The lowest BCUT2D eigenvalue weighted by Crippen LogP contribution is -2.25. The minimum Gasteiger partial charge on any atom is -0.486 e. The van der Waals surface area contributed by atoms with E-state index in [0.717, 1.165) is 12.3 Å². The first kappa shape index (κ1) is 21.2. The fourth-order valence-electron chi connectivity index (χ4n) is 2.51. The molecule has 0 atom stereocenters. The van der Waals surface area contributed by atoms with Crippen LogP contribution in [0.1, 0.15) is 28.3 Å². The van der Waals surface area contributed by atoms with E-state index < -0.39 is 11.7 Å². The third-order valence-electron chi connectivity index (χ3n) is 4.05. The summed E-state index contributed by atoms with van der Waals surface area (Å²) in [5.41, 5.74) is -0.799. The van der Waals surface area contributed by atoms with Crippen molar-refractivity contribution in [2.24, 2.45) is 0 Å². The molecular formula is C21H20F3N3O3. The zero-order valence-electron chi connectivity index (χ0n) is 15.9. The van der Waals surface area contributed by atoms with Crippen LogP contribution in [0.3, 0.4) is 0 Å². The molecule has 2 aromatic heterocycles. The Kier molecular flexibility index (Phi) is 6.95. The van der Waals surface area contributed by atoms with Crippen molar-refractivity contribution in [2.45, 2.75) is 19.2 Å². The van der Waals surface area contributed by atoms with Gasteiger partial charge < -0.3 is 19.8 Å². The number of alkyl halides is 3. The number of halogens is 3. The number of ether oxygens (including phenoxy) is 1. The number of carbonyl (C=O) groups is 1. The normalized spacial score (nSPS) is 11.2. The SMILES string of the molecule is O=C(NCCCNc1ccc(C(F)(F)F)cn1)c1ccc(COc2ccccc2)o1. The highest BCUT2D eigenvalue weighted by Crippen LogP contribution is 2.28. The molecule has 0 unspecified atom stereocenters. The van der Waals surface area contributed by atoms with Gasteiger partial charge >= 0.3 is 6.18 Å². The fraction of sp³-hybridized carbons (Fsp3) is 0.238. The number of hydrogen-bond acceptors (Lipinski definition) is 5. The van der Waals surface area contributed by atoms with Crippen molar-refractivity contribution in [1.82, 2.24) is 10.3 Å². The summed E-state index contributed by atoms with van der Waals surface area (Å²) in [5.74, 6) is 1.39. The Morgan fingerprint density at radius 3 is 2.53 bits per heavy atom. The summed E-state index contributed by atoms with van der Waals surface area (Å²) in [6.45, 7) is 1.01. The Hall–Kier alpha value is -3.49. The smallest absolute Gasteiger partial charge is 0.417 e. The number of pyridine rings is 1. The zero-order valence-corrected chi connectivity index (χ0v) is 15.9. The number of amides is 1. The molecule has 3 aromatic rings. The lowest BCUT2D eigenvalue weighted by atomic mass is 10.3. The van der Waals surface area contributed by atoms with Crippen LogP contribution in [0, 0.1) is 0 Å². The molecule has 1 aromatic carbocycles. The third kappa shape index (κ3) is 6.26. The van der Waals surface area contributed by atoms with Gasteiger partial charge in [0.1, 0.15) is 23.9 Å². The average molecular weight is 419 g/mol. The number of carbonyl (C=O) groups excluding carboxylic acids is 1. The van der Waals surface area contributed by atoms with E-state index >= 15 is 0 Å². The van der Waals surface area contributed by atoms with Gasteiger partial charge in [0.05, 0.1) is 5.56 Å². The van der Waals surface area contributed by atoms with Gasteiger partial charge in [-0.1, -0.05) is 18.2 Å². The fourth-order valence-corrected chi connectivity index (χ4v) is 2.51. The van der Waals surface area contributed by atoms with Crippen molar-refractivity contribution in [3.8, 4) is 5.75 Å². The van der Waals surface area contributed by atoms with Crippen LogP contribution in [-0.2, 0) is 12.8 Å². The Labute approximate surface area is 171 Å². The number of hydrogen-bond donors (Lipinski definition) is 2. The lowest BCUT2D eigenvalue weighted by molar-refractivity contribution is -0.137. The number of rotatable bonds is 9. The molecule has 2 heterocycles. The molecule has 0 aliphatic carbocycles. The first-order valence-corrected chi connectivity index (χ1v) is 9.24. The minimum absolute atomic E-state index is 0.180. The molecule has 1 amide bonds. The zero-order chi connectivity index (χ0) is 21.4. The van der Waals surface area contributed by atoms with Crippen molar-refractivity contribution in [3.05, 3.63) is 77.9 Å². The molecule has 3 rings (SSSR count). The second-order valence-electron chi connectivity index (χ2n) is 6.33. The Morgan fingerprint density at radius 1 is 1.03 bits per heavy atom. The van der Waals surface area contributed by atoms with Crippen LogP contribution in [0.15, 0.2) is 65.2 Å². The summed E-state index contributed by atoms with van der Waals surface area (Å²) in [6.07, 6.45) is -3.07. The predicted octanol–water partition coefficient (Wildman–Crippen LogP) is 4.50. The number of anilines is 1. The molecule has 0 radical (unpaired) electrons. The Morgan fingerprint density at radius 2 is 1.83 bits per heavy atom. The highest BCUT2D eigenvalue weighted by atomic mass is 19.4. The largest absolute Gasteiger partial charge is 0.486 e. The summed E-state index contributed by atoms with van der Waals surface area (Å²) in [6, 6.07) is 14.7. The van der Waals surface area contributed by atoms with E-state index in [0.29, 0.717) is 36.8 Å². The monoisotopic (exact) mass is 419 g/mol. The Bertz CT molecular complexity index is 941. The number of nitrogens with one attached hydrogen (secondary N) is 2. The number of aromatic nitrogens is 1. The number of para-hydroxylation sites is 1. The highest BCUT2D eigenvalue weighted by Gasteiger charge is 2.30. The highest BCUT2D eigenvalue weighted by molar-refractivity contribution is 5.91. The van der Waals surface area contributed by atoms with Crippen LogP contribution in [0.5, 0.6) is 5.75 Å². The van der Waals surface area contributed by atoms with Crippen LogP contribution in [0.25, 0.3) is 0 Å². The molecule has 0 fully saturated rings. The van der Waals surface area contributed by atoms with Gasteiger partial charge in [-0.3, -0.25) is 4.79 Å². The van der Waals surface area contributed by atoms with E-state index in [1.807, 2.05) is 30.3 Å². The molecule has 0 saturated heterocycles. The predicted molar refractivity (Wildman–Crippen MR) is 104 cm³/mol. The van der Waals surface area contributed by atoms with Gasteiger partial charge in [-0.2, -0.15) is 13.2 Å². The van der Waals surface area contributed by atoms with Gasteiger partial charge in [-0.05, 0) is 42.8 Å². The van der Waals surface area contributed by atoms with Crippen molar-refractivity contribution in [3.63, 3.8) is 0 Å².